The molecule has 3 rings (SSSR count). The molecule has 0 radical (unpaired) electrons. The van der Waals surface area contributed by atoms with Gasteiger partial charge in [0.05, 0.1) is 10.9 Å². The third-order valence-electron chi connectivity index (χ3n) is 3.39. The van der Waals surface area contributed by atoms with Crippen LogP contribution in [0, 0.1) is 11.3 Å². The van der Waals surface area contributed by atoms with Crippen LogP contribution in [0.4, 0.5) is 0 Å². The van der Waals surface area contributed by atoms with E-state index in [9.17, 15) is 5.26 Å². The number of thioether (sulfide) groups is 2. The largest absolute Gasteiger partial charge is 0.361 e. The van der Waals surface area contributed by atoms with Gasteiger partial charge in [0.15, 0.2) is 0 Å². The van der Waals surface area contributed by atoms with Crippen molar-refractivity contribution in [1.29, 1.82) is 5.26 Å². The quantitative estimate of drug-likeness (QED) is 0.692. The average Bonchev–Trinajstić information content (AvgIpc) is 3.10. The molecule has 0 amide bonds. The van der Waals surface area contributed by atoms with Gasteiger partial charge in [-0.2, -0.15) is 5.26 Å². The SMILES string of the molecule is CN1C=CN(/C(C#N)=C2\SCC(c3ccc(Cl)cc3Cl)S2)C1. The van der Waals surface area contributed by atoms with Crippen LogP contribution in [-0.2, 0) is 0 Å². The van der Waals surface area contributed by atoms with Crippen LogP contribution in [0.15, 0.2) is 40.5 Å². The van der Waals surface area contributed by atoms with Crippen LogP contribution in [0.3, 0.4) is 0 Å². The number of halogens is 2. The van der Waals surface area contributed by atoms with Crippen molar-refractivity contribution in [3.05, 3.63) is 56.1 Å². The molecule has 0 spiro atoms. The third kappa shape index (κ3) is 3.21. The van der Waals surface area contributed by atoms with Crippen LogP contribution in [0.1, 0.15) is 10.8 Å². The molecule has 1 saturated heterocycles. The van der Waals surface area contributed by atoms with Crippen molar-refractivity contribution in [2.75, 3.05) is 19.5 Å². The predicted octanol–water partition coefficient (Wildman–Crippen LogP) is 4.88. The first-order valence-electron chi connectivity index (χ1n) is 6.62. The molecule has 0 saturated carbocycles. The van der Waals surface area contributed by atoms with Gasteiger partial charge in [0.1, 0.15) is 11.8 Å². The van der Waals surface area contributed by atoms with Gasteiger partial charge in [-0.05, 0) is 17.7 Å². The lowest BCUT2D eigenvalue weighted by atomic mass is 10.2. The van der Waals surface area contributed by atoms with Crippen molar-refractivity contribution in [3.63, 3.8) is 0 Å². The Balaban J connectivity index is 1.83. The van der Waals surface area contributed by atoms with Crippen molar-refractivity contribution in [1.82, 2.24) is 9.80 Å². The number of hydrogen-bond donors (Lipinski definition) is 0. The summed E-state index contributed by atoms with van der Waals surface area (Å²) in [6.07, 6.45) is 3.91. The van der Waals surface area contributed by atoms with E-state index in [2.05, 4.69) is 6.07 Å². The maximum Gasteiger partial charge on any atom is 0.141 e. The predicted molar refractivity (Wildman–Crippen MR) is 95.5 cm³/mol. The molecule has 0 bridgehead atoms. The molecule has 3 nitrogen and oxygen atoms in total. The van der Waals surface area contributed by atoms with E-state index in [1.807, 2.05) is 41.4 Å². The second-order valence-corrected chi connectivity index (χ2v) is 8.34. The molecule has 7 heteroatoms. The fraction of sp³-hybridized carbons (Fsp3) is 0.267. The average molecular weight is 370 g/mol. The zero-order chi connectivity index (χ0) is 15.7. The first kappa shape index (κ1) is 15.9. The third-order valence-corrected chi connectivity index (χ3v) is 6.87. The van der Waals surface area contributed by atoms with E-state index in [0.717, 1.165) is 15.6 Å². The maximum atomic E-state index is 9.51. The molecule has 114 valence electrons. The molecular weight excluding hydrogens is 357 g/mol. The minimum atomic E-state index is 0.248. The van der Waals surface area contributed by atoms with Crippen LogP contribution in [0.5, 0.6) is 0 Å². The number of allylic oxidation sites excluding steroid dienone is 1. The highest BCUT2D eigenvalue weighted by Crippen LogP contribution is 2.53. The lowest BCUT2D eigenvalue weighted by molar-refractivity contribution is 0.353. The zero-order valence-electron chi connectivity index (χ0n) is 11.8. The van der Waals surface area contributed by atoms with Crippen molar-refractivity contribution in [2.45, 2.75) is 5.25 Å². The lowest BCUT2D eigenvalue weighted by Crippen LogP contribution is -2.21. The fourth-order valence-electron chi connectivity index (χ4n) is 2.29. The summed E-state index contributed by atoms with van der Waals surface area (Å²) in [6.45, 7) is 0.708. The number of hydrogen-bond acceptors (Lipinski definition) is 5. The lowest BCUT2D eigenvalue weighted by Gasteiger charge is -2.18. The van der Waals surface area contributed by atoms with Crippen LogP contribution in [0.25, 0.3) is 0 Å². The van der Waals surface area contributed by atoms with Crippen molar-refractivity contribution >= 4 is 46.7 Å². The molecule has 22 heavy (non-hydrogen) atoms. The van der Waals surface area contributed by atoms with Gasteiger partial charge in [-0.15, -0.1) is 23.5 Å². The smallest absolute Gasteiger partial charge is 0.141 e. The summed E-state index contributed by atoms with van der Waals surface area (Å²) in [5.41, 5.74) is 1.79. The van der Waals surface area contributed by atoms with Gasteiger partial charge in [-0.25, -0.2) is 0 Å². The Morgan fingerprint density at radius 1 is 1.36 bits per heavy atom. The number of benzene rings is 1. The summed E-state index contributed by atoms with van der Waals surface area (Å²) >= 11 is 15.7. The molecular formula is C15H13Cl2N3S2. The van der Waals surface area contributed by atoms with Gasteiger partial charge < -0.3 is 9.80 Å². The maximum absolute atomic E-state index is 9.51. The van der Waals surface area contributed by atoms with Gasteiger partial charge in [0.25, 0.3) is 0 Å². The first-order chi connectivity index (χ1) is 10.6. The molecule has 0 aromatic heterocycles. The zero-order valence-corrected chi connectivity index (χ0v) is 14.9. The highest BCUT2D eigenvalue weighted by molar-refractivity contribution is 8.25. The Kier molecular flexibility index (Phi) is 4.84. The minimum Gasteiger partial charge on any atom is -0.361 e. The Labute approximate surface area is 148 Å². The summed E-state index contributed by atoms with van der Waals surface area (Å²) < 4.78 is 1.05. The second kappa shape index (κ2) is 6.67. The molecule has 2 aliphatic rings. The summed E-state index contributed by atoms with van der Waals surface area (Å²) in [4.78, 5) is 4.01. The minimum absolute atomic E-state index is 0.248. The Morgan fingerprint density at radius 2 is 2.18 bits per heavy atom. The molecule has 1 aromatic rings. The molecule has 2 heterocycles. The fourth-order valence-corrected chi connectivity index (χ4v) is 5.84. The van der Waals surface area contributed by atoms with Gasteiger partial charge in [-0.1, -0.05) is 29.3 Å². The molecule has 2 aliphatic heterocycles. The van der Waals surface area contributed by atoms with Crippen molar-refractivity contribution < 1.29 is 0 Å². The van der Waals surface area contributed by atoms with E-state index in [4.69, 9.17) is 23.2 Å². The van der Waals surface area contributed by atoms with Crippen molar-refractivity contribution in [3.8, 4) is 6.07 Å². The standard InChI is InChI=1S/C15H13Cl2N3S2/c1-19-4-5-20(9-19)13(7-18)15-21-8-14(22-15)11-3-2-10(16)6-12(11)17/h2-6,14H,8-9H2,1H3/b15-13+. The summed E-state index contributed by atoms with van der Waals surface area (Å²) in [6, 6.07) is 7.94. The van der Waals surface area contributed by atoms with Gasteiger partial charge >= 0.3 is 0 Å². The Bertz CT molecular complexity index is 697. The summed E-state index contributed by atoms with van der Waals surface area (Å²) in [5.74, 6) is 0.903. The first-order valence-corrected chi connectivity index (χ1v) is 9.24. The van der Waals surface area contributed by atoms with E-state index < -0.39 is 0 Å². The molecule has 0 aliphatic carbocycles. The Hall–Kier alpha value is -0.930. The second-order valence-electron chi connectivity index (χ2n) is 5.00. The van der Waals surface area contributed by atoms with Crippen molar-refractivity contribution in [2.24, 2.45) is 0 Å². The normalized spacial score (nSPS) is 23.1. The van der Waals surface area contributed by atoms with Gasteiger partial charge in [0, 0.05) is 40.5 Å². The summed E-state index contributed by atoms with van der Waals surface area (Å²) in [5, 5.41) is 11.1. The molecule has 0 N–H and O–H groups in total. The molecule has 1 unspecified atom stereocenters. The topological polar surface area (TPSA) is 30.3 Å². The van der Waals surface area contributed by atoms with E-state index in [1.54, 1.807) is 29.6 Å². The Morgan fingerprint density at radius 3 is 2.82 bits per heavy atom. The van der Waals surface area contributed by atoms with Crippen LogP contribution < -0.4 is 0 Å². The van der Waals surface area contributed by atoms with E-state index in [-0.39, 0.29) is 5.25 Å². The van der Waals surface area contributed by atoms with Crippen LogP contribution in [0.2, 0.25) is 10.0 Å². The van der Waals surface area contributed by atoms with E-state index in [0.29, 0.717) is 22.4 Å². The molecule has 1 fully saturated rings. The van der Waals surface area contributed by atoms with Crippen LogP contribution >= 0.6 is 46.7 Å². The number of nitriles is 1. The number of nitrogens with zero attached hydrogens (tertiary/aromatic N) is 3. The van der Waals surface area contributed by atoms with E-state index in [1.165, 1.54) is 0 Å². The van der Waals surface area contributed by atoms with Gasteiger partial charge in [0.2, 0.25) is 0 Å². The highest BCUT2D eigenvalue weighted by Gasteiger charge is 2.29. The molecule has 1 aromatic carbocycles. The van der Waals surface area contributed by atoms with E-state index >= 15 is 0 Å². The monoisotopic (exact) mass is 369 g/mol. The van der Waals surface area contributed by atoms with Gasteiger partial charge in [-0.3, -0.25) is 0 Å². The van der Waals surface area contributed by atoms with Crippen LogP contribution in [-0.4, -0.2) is 29.3 Å². The summed E-state index contributed by atoms with van der Waals surface area (Å²) in [7, 11) is 1.99. The number of rotatable bonds is 2. The highest BCUT2D eigenvalue weighted by atomic mass is 35.5. The molecule has 1 atom stereocenters.